The van der Waals surface area contributed by atoms with E-state index in [4.69, 9.17) is 39.4 Å². The van der Waals surface area contributed by atoms with Crippen molar-refractivity contribution in [2.45, 2.75) is 4.90 Å². The Labute approximate surface area is 102 Å². The van der Waals surface area contributed by atoms with Crippen LogP contribution in [0.3, 0.4) is 0 Å². The standard InChI is InChI=1S/C6H3Cl3O3S.ClH/c7-3-1-4(8)6(9)5(2-3)13(10,11)12;/h1-2H,(H,10,11,12);1H. The molecule has 0 radical (unpaired) electrons. The number of rotatable bonds is 1. The van der Waals surface area contributed by atoms with Crippen molar-refractivity contribution in [3.05, 3.63) is 27.2 Å². The van der Waals surface area contributed by atoms with Crippen molar-refractivity contribution < 1.29 is 13.0 Å². The number of hydrogen-bond donors (Lipinski definition) is 1. The molecule has 0 saturated heterocycles. The molecular formula is C6H4Cl4O3S. The first kappa shape index (κ1) is 14.3. The maximum Gasteiger partial charge on any atom is 0.296 e. The molecule has 0 unspecified atom stereocenters. The smallest absolute Gasteiger partial charge is 0.282 e. The highest BCUT2D eigenvalue weighted by Crippen LogP contribution is 2.32. The quantitative estimate of drug-likeness (QED) is 0.639. The second-order valence-corrected chi connectivity index (χ2v) is 4.79. The first-order valence-electron chi connectivity index (χ1n) is 2.94. The van der Waals surface area contributed by atoms with Crippen LogP contribution < -0.4 is 0 Å². The van der Waals surface area contributed by atoms with Gasteiger partial charge >= 0.3 is 0 Å². The van der Waals surface area contributed by atoms with Gasteiger partial charge in [-0.1, -0.05) is 34.8 Å². The average Bonchev–Trinajstić information content (AvgIpc) is 1.94. The second kappa shape index (κ2) is 4.88. The number of benzene rings is 1. The van der Waals surface area contributed by atoms with Gasteiger partial charge in [-0.15, -0.1) is 12.4 Å². The van der Waals surface area contributed by atoms with Gasteiger partial charge in [0, 0.05) is 5.02 Å². The Morgan fingerprint density at radius 1 is 1.14 bits per heavy atom. The van der Waals surface area contributed by atoms with E-state index in [2.05, 4.69) is 0 Å². The number of hydrogen-bond acceptors (Lipinski definition) is 2. The molecule has 14 heavy (non-hydrogen) atoms. The van der Waals surface area contributed by atoms with E-state index < -0.39 is 15.0 Å². The van der Waals surface area contributed by atoms with Gasteiger partial charge in [0.2, 0.25) is 0 Å². The van der Waals surface area contributed by atoms with Gasteiger partial charge < -0.3 is 0 Å². The molecule has 0 spiro atoms. The summed E-state index contributed by atoms with van der Waals surface area (Å²) in [6.07, 6.45) is 0. The zero-order valence-electron chi connectivity index (χ0n) is 6.37. The molecule has 0 aliphatic heterocycles. The first-order chi connectivity index (χ1) is 5.82. The predicted molar refractivity (Wildman–Crippen MR) is 58.5 cm³/mol. The molecule has 0 aliphatic carbocycles. The lowest BCUT2D eigenvalue weighted by atomic mass is 10.4. The molecule has 0 amide bonds. The minimum atomic E-state index is -4.38. The minimum Gasteiger partial charge on any atom is -0.282 e. The van der Waals surface area contributed by atoms with Crippen LogP contribution in [0.5, 0.6) is 0 Å². The van der Waals surface area contributed by atoms with E-state index in [0.29, 0.717) is 0 Å². The Morgan fingerprint density at radius 2 is 1.64 bits per heavy atom. The van der Waals surface area contributed by atoms with Crippen LogP contribution in [-0.4, -0.2) is 13.0 Å². The summed E-state index contributed by atoms with van der Waals surface area (Å²) in [6, 6.07) is 2.30. The molecule has 0 bridgehead atoms. The molecule has 0 atom stereocenters. The van der Waals surface area contributed by atoms with Gasteiger partial charge in [-0.05, 0) is 12.1 Å². The average molecular weight is 298 g/mol. The van der Waals surface area contributed by atoms with Crippen LogP contribution in [0.25, 0.3) is 0 Å². The van der Waals surface area contributed by atoms with E-state index in [-0.39, 0.29) is 27.5 Å². The summed E-state index contributed by atoms with van der Waals surface area (Å²) in [4.78, 5) is -0.494. The van der Waals surface area contributed by atoms with Gasteiger partial charge in [0.15, 0.2) is 0 Å². The highest BCUT2D eigenvalue weighted by atomic mass is 35.5. The third-order valence-corrected chi connectivity index (χ3v) is 3.25. The van der Waals surface area contributed by atoms with E-state index in [1.807, 2.05) is 0 Å². The number of halogens is 4. The fraction of sp³-hybridized carbons (Fsp3) is 0. The van der Waals surface area contributed by atoms with Crippen LogP contribution in [0.1, 0.15) is 0 Å². The predicted octanol–water partition coefficient (Wildman–Crippen LogP) is 3.32. The maximum absolute atomic E-state index is 10.7. The van der Waals surface area contributed by atoms with Crippen molar-refractivity contribution in [2.24, 2.45) is 0 Å². The monoisotopic (exact) mass is 296 g/mol. The molecular weight excluding hydrogens is 294 g/mol. The van der Waals surface area contributed by atoms with Gasteiger partial charge in [-0.25, -0.2) is 0 Å². The van der Waals surface area contributed by atoms with Gasteiger partial charge in [0.25, 0.3) is 10.1 Å². The fourth-order valence-corrected chi connectivity index (χ4v) is 2.35. The molecule has 0 aliphatic rings. The molecule has 0 saturated carbocycles. The Hall–Kier alpha value is 0.290. The van der Waals surface area contributed by atoms with Crippen molar-refractivity contribution >= 4 is 57.3 Å². The molecule has 1 N–H and O–H groups in total. The van der Waals surface area contributed by atoms with Crippen molar-refractivity contribution in [3.8, 4) is 0 Å². The SMILES string of the molecule is Cl.O=S(=O)(O)c1cc(Cl)cc(Cl)c1Cl. The van der Waals surface area contributed by atoms with Gasteiger partial charge in [-0.2, -0.15) is 8.42 Å². The summed E-state index contributed by atoms with van der Waals surface area (Å²) in [5, 5.41) is -0.183. The topological polar surface area (TPSA) is 54.4 Å². The molecule has 0 heterocycles. The third-order valence-electron chi connectivity index (χ3n) is 1.24. The van der Waals surface area contributed by atoms with E-state index in [9.17, 15) is 8.42 Å². The minimum absolute atomic E-state index is 0. The van der Waals surface area contributed by atoms with Gasteiger partial charge in [-0.3, -0.25) is 4.55 Å². The Balaban J connectivity index is 0.00000169. The molecule has 1 rings (SSSR count). The summed E-state index contributed by atoms with van der Waals surface area (Å²) in [5.74, 6) is 0. The molecule has 1 aromatic carbocycles. The lowest BCUT2D eigenvalue weighted by Crippen LogP contribution is -1.99. The molecule has 0 fully saturated rings. The maximum atomic E-state index is 10.7. The van der Waals surface area contributed by atoms with E-state index >= 15 is 0 Å². The normalized spacial score (nSPS) is 10.9. The largest absolute Gasteiger partial charge is 0.296 e. The highest BCUT2D eigenvalue weighted by Gasteiger charge is 2.17. The van der Waals surface area contributed by atoms with Crippen molar-refractivity contribution in [2.75, 3.05) is 0 Å². The van der Waals surface area contributed by atoms with Gasteiger partial charge in [0.05, 0.1) is 10.0 Å². The molecule has 8 heteroatoms. The summed E-state index contributed by atoms with van der Waals surface area (Å²) in [7, 11) is -4.38. The Bertz CT molecular complexity index is 443. The zero-order valence-corrected chi connectivity index (χ0v) is 10.3. The van der Waals surface area contributed by atoms with E-state index in [1.165, 1.54) is 6.07 Å². The van der Waals surface area contributed by atoms with Crippen LogP contribution in [0.15, 0.2) is 17.0 Å². The van der Waals surface area contributed by atoms with Crippen molar-refractivity contribution in [1.82, 2.24) is 0 Å². The molecule has 3 nitrogen and oxygen atoms in total. The van der Waals surface area contributed by atoms with Crippen LogP contribution in [0.2, 0.25) is 15.1 Å². The summed E-state index contributed by atoms with van der Waals surface area (Å²) >= 11 is 16.6. The van der Waals surface area contributed by atoms with Crippen molar-refractivity contribution in [3.63, 3.8) is 0 Å². The zero-order chi connectivity index (χ0) is 10.2. The van der Waals surface area contributed by atoms with Crippen molar-refractivity contribution in [1.29, 1.82) is 0 Å². The highest BCUT2D eigenvalue weighted by molar-refractivity contribution is 7.86. The van der Waals surface area contributed by atoms with Crippen LogP contribution in [0, 0.1) is 0 Å². The second-order valence-electron chi connectivity index (χ2n) is 2.17. The van der Waals surface area contributed by atoms with E-state index in [1.54, 1.807) is 0 Å². The first-order valence-corrected chi connectivity index (χ1v) is 5.52. The third kappa shape index (κ3) is 3.15. The van der Waals surface area contributed by atoms with E-state index in [0.717, 1.165) is 6.07 Å². The summed E-state index contributed by atoms with van der Waals surface area (Å²) < 4.78 is 30.1. The Morgan fingerprint density at radius 3 is 2.07 bits per heavy atom. The molecule has 80 valence electrons. The van der Waals surface area contributed by atoms with Crippen LogP contribution in [-0.2, 0) is 10.1 Å². The van der Waals surface area contributed by atoms with Crippen LogP contribution in [0.4, 0.5) is 0 Å². The Kier molecular flexibility index (Phi) is 4.98. The molecule has 1 aromatic rings. The lowest BCUT2D eigenvalue weighted by Gasteiger charge is -2.02. The lowest BCUT2D eigenvalue weighted by molar-refractivity contribution is 0.483. The van der Waals surface area contributed by atoms with Gasteiger partial charge in [0.1, 0.15) is 4.90 Å². The van der Waals surface area contributed by atoms with Crippen LogP contribution >= 0.6 is 47.2 Å². The summed E-state index contributed by atoms with van der Waals surface area (Å²) in [5.41, 5.74) is 0. The molecule has 0 aromatic heterocycles. The summed E-state index contributed by atoms with van der Waals surface area (Å²) in [6.45, 7) is 0. The fourth-order valence-electron chi connectivity index (χ4n) is 0.720.